The van der Waals surface area contributed by atoms with E-state index in [0.717, 1.165) is 5.56 Å². The summed E-state index contributed by atoms with van der Waals surface area (Å²) in [5.74, 6) is 0.844. The summed E-state index contributed by atoms with van der Waals surface area (Å²) in [5.41, 5.74) is 2.53. The quantitative estimate of drug-likeness (QED) is 0.480. The fraction of sp³-hybridized carbons (Fsp3) is 0.200. The van der Waals surface area contributed by atoms with Crippen molar-refractivity contribution < 1.29 is 19.0 Å². The van der Waals surface area contributed by atoms with E-state index in [1.54, 1.807) is 48.5 Å². The summed E-state index contributed by atoms with van der Waals surface area (Å²) in [5, 5.41) is 11.9. The molecule has 0 unspecified atom stereocenters. The maximum absolute atomic E-state index is 12.8. The lowest BCUT2D eigenvalue weighted by atomic mass is 10.1. The fourth-order valence-corrected chi connectivity index (χ4v) is 2.89. The monoisotopic (exact) mass is 416 g/mol. The lowest BCUT2D eigenvalue weighted by Crippen LogP contribution is -2.15. The van der Waals surface area contributed by atoms with Gasteiger partial charge in [-0.05, 0) is 48.9 Å². The van der Waals surface area contributed by atoms with Crippen molar-refractivity contribution in [1.82, 2.24) is 0 Å². The second-order valence-electron chi connectivity index (χ2n) is 6.62. The average Bonchev–Trinajstić information content (AvgIpc) is 2.81. The van der Waals surface area contributed by atoms with Crippen LogP contribution in [0.4, 0.5) is 5.69 Å². The number of amides is 1. The molecule has 0 bridgehead atoms. The number of hydrogen-bond acceptors (Lipinski definition) is 5. The largest absolute Gasteiger partial charge is 0.490 e. The molecule has 6 heteroatoms. The molecule has 0 aromatic heterocycles. The number of ether oxygens (including phenoxy) is 3. The van der Waals surface area contributed by atoms with Crippen LogP contribution in [-0.2, 0) is 11.3 Å². The van der Waals surface area contributed by atoms with E-state index in [1.807, 2.05) is 31.2 Å². The normalized spacial score (nSPS) is 10.2. The van der Waals surface area contributed by atoms with Crippen molar-refractivity contribution in [3.8, 4) is 17.6 Å². The molecule has 0 saturated heterocycles. The second-order valence-corrected chi connectivity index (χ2v) is 6.62. The fourth-order valence-electron chi connectivity index (χ4n) is 2.89. The second kappa shape index (κ2) is 11.4. The highest BCUT2D eigenvalue weighted by molar-refractivity contribution is 6.06. The molecular formula is C25H24N2O4. The van der Waals surface area contributed by atoms with Crippen LogP contribution in [-0.4, -0.2) is 25.7 Å². The van der Waals surface area contributed by atoms with Gasteiger partial charge in [0.25, 0.3) is 5.91 Å². The van der Waals surface area contributed by atoms with E-state index in [2.05, 4.69) is 11.4 Å². The van der Waals surface area contributed by atoms with Crippen LogP contribution in [0.1, 0.15) is 28.4 Å². The Morgan fingerprint density at radius 2 is 1.81 bits per heavy atom. The molecule has 1 amide bonds. The van der Waals surface area contributed by atoms with Gasteiger partial charge in [-0.15, -0.1) is 0 Å². The van der Waals surface area contributed by atoms with E-state index in [0.29, 0.717) is 54.7 Å². The van der Waals surface area contributed by atoms with Crippen molar-refractivity contribution in [2.24, 2.45) is 0 Å². The number of nitriles is 1. The van der Waals surface area contributed by atoms with Crippen LogP contribution >= 0.6 is 0 Å². The summed E-state index contributed by atoms with van der Waals surface area (Å²) in [6.07, 6.45) is 0. The Labute approximate surface area is 182 Å². The first-order valence-corrected chi connectivity index (χ1v) is 10.0. The number of anilines is 1. The van der Waals surface area contributed by atoms with Crippen molar-refractivity contribution in [1.29, 1.82) is 5.26 Å². The topological polar surface area (TPSA) is 80.6 Å². The molecule has 0 aliphatic rings. The molecule has 0 aliphatic carbocycles. The number of carbonyl (C=O) groups excluding carboxylic acids is 1. The first-order chi connectivity index (χ1) is 15.2. The van der Waals surface area contributed by atoms with Gasteiger partial charge < -0.3 is 19.5 Å². The summed E-state index contributed by atoms with van der Waals surface area (Å²) in [6.45, 7) is 3.69. The molecule has 3 aromatic carbocycles. The van der Waals surface area contributed by atoms with Crippen LogP contribution in [0.15, 0.2) is 72.8 Å². The summed E-state index contributed by atoms with van der Waals surface area (Å²) in [7, 11) is 0. The van der Waals surface area contributed by atoms with Gasteiger partial charge in [0, 0.05) is 18.4 Å². The Kier molecular flexibility index (Phi) is 8.04. The molecule has 3 aromatic rings. The minimum absolute atomic E-state index is 0.272. The predicted octanol–water partition coefficient (Wildman–Crippen LogP) is 4.80. The van der Waals surface area contributed by atoms with Gasteiger partial charge >= 0.3 is 0 Å². The van der Waals surface area contributed by atoms with Crippen LogP contribution in [0.3, 0.4) is 0 Å². The minimum atomic E-state index is -0.272. The molecule has 158 valence electrons. The van der Waals surface area contributed by atoms with E-state index in [4.69, 9.17) is 19.5 Å². The molecule has 6 nitrogen and oxygen atoms in total. The standard InChI is InChI=1S/C25H24N2O4/c1-2-29-13-14-30-24-12-4-3-11-23(24)25(28)27-21-9-6-10-22(16-21)31-18-20-8-5-7-19(15-20)17-26/h3-12,15-16H,2,13-14,18H2,1H3,(H,27,28). The van der Waals surface area contributed by atoms with Crippen molar-refractivity contribution in [2.45, 2.75) is 13.5 Å². The van der Waals surface area contributed by atoms with E-state index >= 15 is 0 Å². The van der Waals surface area contributed by atoms with Gasteiger partial charge in [0.05, 0.1) is 23.8 Å². The number of benzene rings is 3. The first kappa shape index (κ1) is 21.9. The van der Waals surface area contributed by atoms with Gasteiger partial charge in [-0.2, -0.15) is 5.26 Å². The maximum Gasteiger partial charge on any atom is 0.259 e. The molecule has 0 aliphatic heterocycles. The molecule has 0 spiro atoms. The third kappa shape index (κ3) is 6.59. The highest BCUT2D eigenvalue weighted by atomic mass is 16.5. The molecule has 0 atom stereocenters. The maximum atomic E-state index is 12.8. The summed E-state index contributed by atoms with van der Waals surface area (Å²) < 4.78 is 16.8. The smallest absolute Gasteiger partial charge is 0.259 e. The summed E-state index contributed by atoms with van der Waals surface area (Å²) in [6, 6.07) is 23.6. The Hall–Kier alpha value is -3.82. The molecule has 31 heavy (non-hydrogen) atoms. The first-order valence-electron chi connectivity index (χ1n) is 10.0. The van der Waals surface area contributed by atoms with Gasteiger partial charge in [-0.25, -0.2) is 0 Å². The number of carbonyl (C=O) groups is 1. The van der Waals surface area contributed by atoms with Gasteiger partial charge in [0.1, 0.15) is 24.7 Å². The SMILES string of the molecule is CCOCCOc1ccccc1C(=O)Nc1cccc(OCc2cccc(C#N)c2)c1. The molecule has 0 radical (unpaired) electrons. The van der Waals surface area contributed by atoms with Crippen molar-refractivity contribution in [3.63, 3.8) is 0 Å². The van der Waals surface area contributed by atoms with Crippen LogP contribution in [0.2, 0.25) is 0 Å². The van der Waals surface area contributed by atoms with Gasteiger partial charge in [-0.3, -0.25) is 4.79 Å². The van der Waals surface area contributed by atoms with E-state index < -0.39 is 0 Å². The zero-order valence-electron chi connectivity index (χ0n) is 17.3. The summed E-state index contributed by atoms with van der Waals surface area (Å²) in [4.78, 5) is 12.8. The highest BCUT2D eigenvalue weighted by Gasteiger charge is 2.13. The number of para-hydroxylation sites is 1. The van der Waals surface area contributed by atoms with Gasteiger partial charge in [0.2, 0.25) is 0 Å². The van der Waals surface area contributed by atoms with Crippen molar-refractivity contribution in [2.75, 3.05) is 25.1 Å². The molecular weight excluding hydrogens is 392 g/mol. The Bertz CT molecular complexity index is 1060. The lowest BCUT2D eigenvalue weighted by molar-refractivity contribution is 0.0998. The van der Waals surface area contributed by atoms with E-state index in [-0.39, 0.29) is 5.91 Å². The van der Waals surface area contributed by atoms with Crippen LogP contribution in [0.5, 0.6) is 11.5 Å². The van der Waals surface area contributed by atoms with E-state index in [9.17, 15) is 4.79 Å². The number of nitrogens with one attached hydrogen (secondary N) is 1. The Morgan fingerprint density at radius 1 is 0.968 bits per heavy atom. The van der Waals surface area contributed by atoms with Crippen molar-refractivity contribution in [3.05, 3.63) is 89.5 Å². The zero-order valence-corrected chi connectivity index (χ0v) is 17.3. The Morgan fingerprint density at radius 3 is 2.65 bits per heavy atom. The highest BCUT2D eigenvalue weighted by Crippen LogP contribution is 2.22. The van der Waals surface area contributed by atoms with Gasteiger partial charge in [-0.1, -0.05) is 30.3 Å². The average molecular weight is 416 g/mol. The Balaban J connectivity index is 1.63. The van der Waals surface area contributed by atoms with Crippen LogP contribution in [0, 0.1) is 11.3 Å². The van der Waals surface area contributed by atoms with E-state index in [1.165, 1.54) is 0 Å². The van der Waals surface area contributed by atoms with Crippen LogP contribution < -0.4 is 14.8 Å². The van der Waals surface area contributed by atoms with Crippen molar-refractivity contribution >= 4 is 11.6 Å². The number of rotatable bonds is 10. The zero-order chi connectivity index (χ0) is 21.9. The molecule has 0 heterocycles. The summed E-state index contributed by atoms with van der Waals surface area (Å²) >= 11 is 0. The number of nitrogens with zero attached hydrogens (tertiary/aromatic N) is 1. The third-order valence-corrected chi connectivity index (χ3v) is 4.37. The van der Waals surface area contributed by atoms with Gasteiger partial charge in [0.15, 0.2) is 0 Å². The minimum Gasteiger partial charge on any atom is -0.490 e. The number of hydrogen-bond donors (Lipinski definition) is 1. The third-order valence-electron chi connectivity index (χ3n) is 4.37. The lowest BCUT2D eigenvalue weighted by Gasteiger charge is -2.13. The molecule has 0 saturated carbocycles. The predicted molar refractivity (Wildman–Crippen MR) is 118 cm³/mol. The molecule has 3 rings (SSSR count). The van der Waals surface area contributed by atoms with Crippen LogP contribution in [0.25, 0.3) is 0 Å². The molecule has 1 N–H and O–H groups in total. The molecule has 0 fully saturated rings.